The van der Waals surface area contributed by atoms with E-state index in [0.29, 0.717) is 5.76 Å². The Kier molecular flexibility index (Phi) is 3.26. The molecule has 0 radical (unpaired) electrons. The molecule has 118 valence electrons. The number of benzene rings is 1. The Morgan fingerprint density at radius 1 is 1.26 bits per heavy atom. The molecule has 2 aromatic heterocycles. The van der Waals surface area contributed by atoms with Crippen molar-refractivity contribution in [3.63, 3.8) is 0 Å². The number of amides is 1. The van der Waals surface area contributed by atoms with Gasteiger partial charge >= 0.3 is 0 Å². The van der Waals surface area contributed by atoms with E-state index >= 15 is 0 Å². The maximum atomic E-state index is 13.0. The number of rotatable bonds is 2. The van der Waals surface area contributed by atoms with E-state index in [0.717, 1.165) is 30.5 Å². The third-order valence-corrected chi connectivity index (χ3v) is 4.69. The summed E-state index contributed by atoms with van der Waals surface area (Å²) >= 11 is 0. The summed E-state index contributed by atoms with van der Waals surface area (Å²) < 4.78 is 8.04. The van der Waals surface area contributed by atoms with Crippen LogP contribution in [-0.4, -0.2) is 21.9 Å². The van der Waals surface area contributed by atoms with Crippen LogP contribution in [0.3, 0.4) is 0 Å². The lowest BCUT2D eigenvalue weighted by atomic mass is 10.1. The van der Waals surface area contributed by atoms with E-state index in [2.05, 4.69) is 29.8 Å². The Hall–Kier alpha value is -2.49. The number of hydrogen-bond donors (Lipinski definition) is 0. The topological polar surface area (TPSA) is 38.4 Å². The number of nitrogens with zero attached hydrogens (tertiary/aromatic N) is 2. The van der Waals surface area contributed by atoms with Crippen LogP contribution in [0.5, 0.6) is 0 Å². The SMILES string of the molecule is CC[C@@H]1c2cccn2CCN1C(=O)c1cc2cc(C)ccc2o1. The van der Waals surface area contributed by atoms with E-state index in [1.54, 1.807) is 0 Å². The lowest BCUT2D eigenvalue weighted by Gasteiger charge is -2.36. The average Bonchev–Trinajstić information content (AvgIpc) is 3.18. The van der Waals surface area contributed by atoms with Gasteiger partial charge in [-0.15, -0.1) is 0 Å². The summed E-state index contributed by atoms with van der Waals surface area (Å²) in [6, 6.07) is 12.1. The molecular weight excluding hydrogens is 288 g/mol. The minimum absolute atomic E-state index is 0.0156. The third kappa shape index (κ3) is 2.25. The molecule has 0 saturated heterocycles. The molecule has 0 N–H and O–H groups in total. The molecule has 3 heterocycles. The fourth-order valence-electron chi connectivity index (χ4n) is 3.55. The molecule has 4 nitrogen and oxygen atoms in total. The van der Waals surface area contributed by atoms with Gasteiger partial charge in [0, 0.05) is 30.4 Å². The van der Waals surface area contributed by atoms with E-state index in [-0.39, 0.29) is 11.9 Å². The summed E-state index contributed by atoms with van der Waals surface area (Å²) in [6.07, 6.45) is 2.98. The van der Waals surface area contributed by atoms with Crippen LogP contribution < -0.4 is 0 Å². The fourth-order valence-corrected chi connectivity index (χ4v) is 3.55. The highest BCUT2D eigenvalue weighted by Crippen LogP contribution is 2.31. The van der Waals surface area contributed by atoms with Crippen LogP contribution in [0.25, 0.3) is 11.0 Å². The second-order valence-electron chi connectivity index (χ2n) is 6.20. The van der Waals surface area contributed by atoms with E-state index in [4.69, 9.17) is 4.42 Å². The summed E-state index contributed by atoms with van der Waals surface area (Å²) in [5.41, 5.74) is 3.14. The number of hydrogen-bond acceptors (Lipinski definition) is 2. The molecule has 1 amide bonds. The van der Waals surface area contributed by atoms with E-state index in [1.165, 1.54) is 11.3 Å². The molecule has 1 aliphatic rings. The molecule has 1 aromatic carbocycles. The van der Waals surface area contributed by atoms with Crippen LogP contribution in [0, 0.1) is 6.92 Å². The first kappa shape index (κ1) is 14.1. The summed E-state index contributed by atoms with van der Waals surface area (Å²) in [7, 11) is 0. The van der Waals surface area contributed by atoms with Crippen molar-refractivity contribution >= 4 is 16.9 Å². The van der Waals surface area contributed by atoms with Crippen molar-refractivity contribution in [2.24, 2.45) is 0 Å². The number of carbonyl (C=O) groups is 1. The lowest BCUT2D eigenvalue weighted by molar-refractivity contribution is 0.0587. The number of furan rings is 1. The van der Waals surface area contributed by atoms with E-state index in [9.17, 15) is 4.79 Å². The second kappa shape index (κ2) is 5.30. The Balaban J connectivity index is 1.70. The highest BCUT2D eigenvalue weighted by atomic mass is 16.3. The second-order valence-corrected chi connectivity index (χ2v) is 6.20. The quantitative estimate of drug-likeness (QED) is 0.713. The normalized spacial score (nSPS) is 17.5. The van der Waals surface area contributed by atoms with Crippen molar-refractivity contribution in [2.45, 2.75) is 32.9 Å². The molecule has 23 heavy (non-hydrogen) atoms. The van der Waals surface area contributed by atoms with E-state index in [1.807, 2.05) is 36.1 Å². The van der Waals surface area contributed by atoms with Crippen molar-refractivity contribution in [1.29, 1.82) is 0 Å². The molecule has 0 aliphatic carbocycles. The molecule has 3 aromatic rings. The van der Waals surface area contributed by atoms with Crippen LogP contribution >= 0.6 is 0 Å². The molecule has 1 atom stereocenters. The Morgan fingerprint density at radius 3 is 2.96 bits per heavy atom. The summed E-state index contributed by atoms with van der Waals surface area (Å²) in [6.45, 7) is 5.72. The summed E-state index contributed by atoms with van der Waals surface area (Å²) in [5, 5.41) is 0.988. The van der Waals surface area contributed by atoms with Gasteiger partial charge in [-0.25, -0.2) is 0 Å². The summed E-state index contributed by atoms with van der Waals surface area (Å²) in [5.74, 6) is 0.419. The van der Waals surface area contributed by atoms with Gasteiger partial charge in [0.2, 0.25) is 0 Å². The van der Waals surface area contributed by atoms with Gasteiger partial charge in [-0.05, 0) is 43.7 Å². The lowest BCUT2D eigenvalue weighted by Crippen LogP contribution is -2.41. The first-order valence-corrected chi connectivity index (χ1v) is 8.13. The molecular formula is C19H20N2O2. The predicted octanol–water partition coefficient (Wildman–Crippen LogP) is 4.15. The van der Waals surface area contributed by atoms with Gasteiger partial charge in [0.1, 0.15) is 5.58 Å². The minimum atomic E-state index is -0.0156. The van der Waals surface area contributed by atoms with Crippen LogP contribution in [0.1, 0.15) is 41.2 Å². The molecule has 0 fully saturated rings. The molecule has 4 rings (SSSR count). The highest BCUT2D eigenvalue weighted by molar-refractivity contribution is 5.96. The third-order valence-electron chi connectivity index (χ3n) is 4.69. The monoisotopic (exact) mass is 308 g/mol. The van der Waals surface area contributed by atoms with Gasteiger partial charge in [-0.2, -0.15) is 0 Å². The van der Waals surface area contributed by atoms with Gasteiger partial charge in [0.05, 0.1) is 6.04 Å². The molecule has 0 bridgehead atoms. The molecule has 0 saturated carbocycles. The number of aryl methyl sites for hydroxylation is 1. The number of carbonyl (C=O) groups excluding carboxylic acids is 1. The van der Waals surface area contributed by atoms with Crippen molar-refractivity contribution in [1.82, 2.24) is 9.47 Å². The molecule has 1 aliphatic heterocycles. The smallest absolute Gasteiger partial charge is 0.290 e. The molecule has 0 unspecified atom stereocenters. The van der Waals surface area contributed by atoms with Crippen molar-refractivity contribution in [3.8, 4) is 0 Å². The van der Waals surface area contributed by atoms with Gasteiger partial charge in [-0.3, -0.25) is 4.79 Å². The van der Waals surface area contributed by atoms with Crippen molar-refractivity contribution in [3.05, 3.63) is 59.6 Å². The maximum absolute atomic E-state index is 13.0. The summed E-state index contributed by atoms with van der Waals surface area (Å²) in [4.78, 5) is 14.9. The van der Waals surface area contributed by atoms with Crippen LogP contribution in [0.4, 0.5) is 0 Å². The Morgan fingerprint density at radius 2 is 2.13 bits per heavy atom. The zero-order valence-corrected chi connectivity index (χ0v) is 13.5. The Bertz CT molecular complexity index is 875. The number of aromatic nitrogens is 1. The largest absolute Gasteiger partial charge is 0.451 e. The van der Waals surface area contributed by atoms with Gasteiger partial charge in [-0.1, -0.05) is 18.6 Å². The highest BCUT2D eigenvalue weighted by Gasteiger charge is 2.31. The predicted molar refractivity (Wildman–Crippen MR) is 89.5 cm³/mol. The van der Waals surface area contributed by atoms with Crippen molar-refractivity contribution < 1.29 is 9.21 Å². The zero-order valence-electron chi connectivity index (χ0n) is 13.5. The van der Waals surface area contributed by atoms with Gasteiger partial charge in [0.15, 0.2) is 5.76 Å². The van der Waals surface area contributed by atoms with Gasteiger partial charge in [0.25, 0.3) is 5.91 Å². The fraction of sp³-hybridized carbons (Fsp3) is 0.316. The minimum Gasteiger partial charge on any atom is -0.451 e. The standard InChI is InChI=1S/C19H20N2O2/c1-3-15-16-5-4-8-20(16)9-10-21(15)19(22)18-12-14-11-13(2)6-7-17(14)23-18/h4-8,11-12,15H,3,9-10H2,1-2H3/t15-/m1/s1. The van der Waals surface area contributed by atoms with Crippen LogP contribution in [0.2, 0.25) is 0 Å². The van der Waals surface area contributed by atoms with Crippen LogP contribution in [0.15, 0.2) is 47.0 Å². The number of fused-ring (bicyclic) bond motifs is 2. The van der Waals surface area contributed by atoms with Gasteiger partial charge < -0.3 is 13.9 Å². The molecule has 4 heteroatoms. The maximum Gasteiger partial charge on any atom is 0.290 e. The van der Waals surface area contributed by atoms with Crippen molar-refractivity contribution in [2.75, 3.05) is 6.54 Å². The van der Waals surface area contributed by atoms with E-state index < -0.39 is 0 Å². The zero-order chi connectivity index (χ0) is 16.0. The first-order chi connectivity index (χ1) is 11.2. The molecule has 0 spiro atoms. The Labute approximate surface area is 135 Å². The van der Waals surface area contributed by atoms with Crippen LogP contribution in [-0.2, 0) is 6.54 Å². The first-order valence-electron chi connectivity index (χ1n) is 8.13. The average molecular weight is 308 g/mol.